The molecule has 2 aromatic heterocycles. The molecule has 0 spiro atoms. The summed E-state index contributed by atoms with van der Waals surface area (Å²) in [5.74, 6) is 0.818. The molecule has 0 aliphatic rings. The minimum atomic E-state index is 0.120. The summed E-state index contributed by atoms with van der Waals surface area (Å²) < 4.78 is 0. The first-order valence-corrected chi connectivity index (χ1v) is 4.70. The van der Waals surface area contributed by atoms with Gasteiger partial charge in [-0.05, 0) is 6.92 Å². The van der Waals surface area contributed by atoms with E-state index in [-0.39, 0.29) is 6.04 Å². The second-order valence-electron chi connectivity index (χ2n) is 3.17. The van der Waals surface area contributed by atoms with Gasteiger partial charge in [-0.2, -0.15) is 5.10 Å². The minimum Gasteiger partial charge on any atom is -0.302 e. The molecule has 0 aromatic carbocycles. The third kappa shape index (κ3) is 2.57. The van der Waals surface area contributed by atoms with Gasteiger partial charge in [-0.1, -0.05) is 0 Å². The third-order valence-corrected chi connectivity index (χ3v) is 2.05. The molecule has 2 heterocycles. The van der Waals surface area contributed by atoms with Crippen molar-refractivity contribution in [1.29, 1.82) is 0 Å². The average Bonchev–Trinajstić information content (AvgIpc) is 2.81. The van der Waals surface area contributed by atoms with Crippen molar-refractivity contribution in [3.8, 4) is 0 Å². The molecule has 2 N–H and O–H groups in total. The molecule has 6 nitrogen and oxygen atoms in total. The van der Waals surface area contributed by atoms with Gasteiger partial charge in [0.05, 0.1) is 11.7 Å². The van der Waals surface area contributed by atoms with Crippen LogP contribution in [0.4, 0.5) is 0 Å². The van der Waals surface area contributed by atoms with E-state index in [0.717, 1.165) is 11.5 Å². The topological polar surface area (TPSA) is 79.4 Å². The summed E-state index contributed by atoms with van der Waals surface area (Å²) in [4.78, 5) is 12.2. The van der Waals surface area contributed by atoms with Crippen molar-refractivity contribution >= 4 is 0 Å². The Morgan fingerprint density at radius 1 is 1.40 bits per heavy atom. The Labute approximate surface area is 87.2 Å². The standard InChI is InChI=1S/C9H12N6/c1-7(9-13-6-14-15-9)12-5-8-4-10-2-3-11-8/h2-4,6-7,12H,5H2,1H3,(H,13,14,15). The van der Waals surface area contributed by atoms with Gasteiger partial charge < -0.3 is 5.32 Å². The number of hydrogen-bond donors (Lipinski definition) is 2. The number of nitrogens with zero attached hydrogens (tertiary/aromatic N) is 4. The van der Waals surface area contributed by atoms with Gasteiger partial charge >= 0.3 is 0 Å². The Morgan fingerprint density at radius 3 is 3.00 bits per heavy atom. The molecular formula is C9H12N6. The average molecular weight is 204 g/mol. The Hall–Kier alpha value is -1.82. The fourth-order valence-corrected chi connectivity index (χ4v) is 1.20. The van der Waals surface area contributed by atoms with Crippen LogP contribution in [0.3, 0.4) is 0 Å². The highest BCUT2D eigenvalue weighted by Crippen LogP contribution is 2.04. The van der Waals surface area contributed by atoms with E-state index in [1.165, 1.54) is 6.33 Å². The van der Waals surface area contributed by atoms with Gasteiger partial charge in [0.15, 0.2) is 0 Å². The SMILES string of the molecule is CC(NCc1cnccn1)c1ncn[nH]1. The molecule has 1 unspecified atom stereocenters. The van der Waals surface area contributed by atoms with Gasteiger partial charge in [-0.15, -0.1) is 0 Å². The van der Waals surface area contributed by atoms with Crippen LogP contribution in [0.1, 0.15) is 24.5 Å². The summed E-state index contributed by atoms with van der Waals surface area (Å²) in [5, 5.41) is 9.87. The molecular weight excluding hydrogens is 192 g/mol. The van der Waals surface area contributed by atoms with Crippen molar-refractivity contribution in [1.82, 2.24) is 30.5 Å². The number of aromatic amines is 1. The van der Waals surface area contributed by atoms with Gasteiger partial charge in [0.1, 0.15) is 12.2 Å². The molecule has 15 heavy (non-hydrogen) atoms. The lowest BCUT2D eigenvalue weighted by Gasteiger charge is -2.09. The fourth-order valence-electron chi connectivity index (χ4n) is 1.20. The smallest absolute Gasteiger partial charge is 0.141 e. The van der Waals surface area contributed by atoms with Crippen LogP contribution in [0.25, 0.3) is 0 Å². The fraction of sp³-hybridized carbons (Fsp3) is 0.333. The normalized spacial score (nSPS) is 12.6. The second-order valence-corrected chi connectivity index (χ2v) is 3.17. The van der Waals surface area contributed by atoms with Crippen LogP contribution in [0, 0.1) is 0 Å². The van der Waals surface area contributed by atoms with Crippen molar-refractivity contribution in [2.75, 3.05) is 0 Å². The van der Waals surface area contributed by atoms with E-state index >= 15 is 0 Å². The highest BCUT2D eigenvalue weighted by molar-refractivity contribution is 4.96. The molecule has 0 aliphatic heterocycles. The van der Waals surface area contributed by atoms with Crippen molar-refractivity contribution < 1.29 is 0 Å². The van der Waals surface area contributed by atoms with Crippen molar-refractivity contribution in [2.24, 2.45) is 0 Å². The molecule has 6 heteroatoms. The molecule has 0 saturated heterocycles. The monoisotopic (exact) mass is 204 g/mol. The van der Waals surface area contributed by atoms with Gasteiger partial charge in [-0.3, -0.25) is 15.1 Å². The Morgan fingerprint density at radius 2 is 2.33 bits per heavy atom. The van der Waals surface area contributed by atoms with E-state index < -0.39 is 0 Å². The maximum absolute atomic E-state index is 4.16. The molecule has 0 radical (unpaired) electrons. The summed E-state index contributed by atoms with van der Waals surface area (Å²) in [6.45, 7) is 2.67. The number of aromatic nitrogens is 5. The molecule has 0 bridgehead atoms. The van der Waals surface area contributed by atoms with Crippen molar-refractivity contribution in [2.45, 2.75) is 19.5 Å². The molecule has 0 saturated carbocycles. The molecule has 78 valence electrons. The zero-order valence-corrected chi connectivity index (χ0v) is 8.38. The number of hydrogen-bond acceptors (Lipinski definition) is 5. The molecule has 0 aliphatic carbocycles. The van der Waals surface area contributed by atoms with E-state index in [2.05, 4.69) is 30.5 Å². The summed E-state index contributed by atoms with van der Waals surface area (Å²) in [6, 6.07) is 0.120. The molecule has 2 aromatic rings. The Bertz CT molecular complexity index is 384. The summed E-state index contributed by atoms with van der Waals surface area (Å²) in [5.41, 5.74) is 0.906. The largest absolute Gasteiger partial charge is 0.302 e. The number of nitrogens with one attached hydrogen (secondary N) is 2. The van der Waals surface area contributed by atoms with Crippen LogP contribution in [-0.4, -0.2) is 25.1 Å². The van der Waals surface area contributed by atoms with Gasteiger partial charge in [0, 0.05) is 25.1 Å². The highest BCUT2D eigenvalue weighted by Gasteiger charge is 2.07. The predicted octanol–water partition coefficient (Wildman–Crippen LogP) is 0.445. The lowest BCUT2D eigenvalue weighted by molar-refractivity contribution is 0.541. The van der Waals surface area contributed by atoms with Crippen molar-refractivity contribution in [3.05, 3.63) is 36.4 Å². The Balaban J connectivity index is 1.89. The third-order valence-electron chi connectivity index (χ3n) is 2.05. The van der Waals surface area contributed by atoms with Crippen LogP contribution >= 0.6 is 0 Å². The second kappa shape index (κ2) is 4.61. The van der Waals surface area contributed by atoms with Gasteiger partial charge in [-0.25, -0.2) is 4.98 Å². The van der Waals surface area contributed by atoms with E-state index in [1.54, 1.807) is 18.6 Å². The minimum absolute atomic E-state index is 0.120. The van der Waals surface area contributed by atoms with E-state index in [0.29, 0.717) is 6.54 Å². The number of rotatable bonds is 4. The summed E-state index contributed by atoms with van der Waals surface area (Å²) in [7, 11) is 0. The lowest BCUT2D eigenvalue weighted by Crippen LogP contribution is -2.19. The Kier molecular flexibility index (Phi) is 2.99. The summed E-state index contributed by atoms with van der Waals surface area (Å²) >= 11 is 0. The molecule has 1 atom stereocenters. The first kappa shape index (κ1) is 9.72. The molecule has 2 rings (SSSR count). The van der Waals surface area contributed by atoms with Crippen molar-refractivity contribution in [3.63, 3.8) is 0 Å². The van der Waals surface area contributed by atoms with E-state index in [9.17, 15) is 0 Å². The van der Waals surface area contributed by atoms with Crippen LogP contribution < -0.4 is 5.32 Å². The maximum atomic E-state index is 4.16. The predicted molar refractivity (Wildman–Crippen MR) is 53.7 cm³/mol. The van der Waals surface area contributed by atoms with Gasteiger partial charge in [0.25, 0.3) is 0 Å². The lowest BCUT2D eigenvalue weighted by atomic mass is 10.3. The summed E-state index contributed by atoms with van der Waals surface area (Å²) in [6.07, 6.45) is 6.56. The first-order valence-electron chi connectivity index (χ1n) is 4.70. The van der Waals surface area contributed by atoms with E-state index in [1.807, 2.05) is 6.92 Å². The maximum Gasteiger partial charge on any atom is 0.141 e. The van der Waals surface area contributed by atoms with Crippen LogP contribution in [0.15, 0.2) is 24.9 Å². The van der Waals surface area contributed by atoms with Crippen LogP contribution in [0.5, 0.6) is 0 Å². The van der Waals surface area contributed by atoms with Gasteiger partial charge in [0.2, 0.25) is 0 Å². The first-order chi connectivity index (χ1) is 7.36. The zero-order valence-electron chi connectivity index (χ0n) is 8.38. The zero-order chi connectivity index (χ0) is 10.5. The molecule has 0 amide bonds. The quantitative estimate of drug-likeness (QED) is 0.755. The van der Waals surface area contributed by atoms with Crippen LogP contribution in [-0.2, 0) is 6.54 Å². The highest BCUT2D eigenvalue weighted by atomic mass is 15.2. The number of H-pyrrole nitrogens is 1. The van der Waals surface area contributed by atoms with E-state index in [4.69, 9.17) is 0 Å². The molecule has 0 fully saturated rings. The van der Waals surface area contributed by atoms with Crippen LogP contribution in [0.2, 0.25) is 0 Å².